The van der Waals surface area contributed by atoms with E-state index in [2.05, 4.69) is 16.0 Å². The largest absolute Gasteiger partial charge is 0.476 e. The fourth-order valence-corrected chi connectivity index (χ4v) is 6.27. The molecule has 0 heterocycles. The van der Waals surface area contributed by atoms with Crippen LogP contribution in [0, 0.1) is 0 Å². The number of ether oxygens (including phenoxy) is 7. The summed E-state index contributed by atoms with van der Waals surface area (Å²) >= 11 is 11.7. The molecule has 4 aromatic carbocycles. The standard InChI is InChI=1S/C29H38ClN3O8.C24H30ClN3O6.ClH/c1-28(2,3)41-26(36)32-17-18-33(6)27(37)39-19-38-25(35)29(4,5)40-23-13-7-20(8-14-23)15-16-31-24(34)21-9-11-22(30)12-10-21;1-24(2,22(30)32-16-33-23(31)28(3)15-13-26)34-20-10-4-17(5-11-20)12-14-27-21(29)18-6-8-19(25)9-7-18;/h7-14H,15-19H2,1-6H3,(H,31,34)(H,32,36);4-11H,12-16,26H2,1-3H3,(H,27,29);1H. The predicted molar refractivity (Wildman–Crippen MR) is 288 cm³/mol. The van der Waals surface area contributed by atoms with Gasteiger partial charge < -0.3 is 64.6 Å². The van der Waals surface area contributed by atoms with Crippen molar-refractivity contribution in [1.82, 2.24) is 25.8 Å². The number of carbonyl (C=O) groups excluding carboxylic acids is 7. The Morgan fingerprint density at radius 1 is 0.513 bits per heavy atom. The first-order chi connectivity index (χ1) is 35.3. The molecular formula is C53H69Cl3N6O14. The van der Waals surface area contributed by atoms with Crippen LogP contribution >= 0.6 is 35.6 Å². The number of halogens is 3. The third-order valence-electron chi connectivity index (χ3n) is 10.1. The fourth-order valence-electron chi connectivity index (χ4n) is 6.02. The summed E-state index contributed by atoms with van der Waals surface area (Å²) in [6, 6.07) is 27.6. The molecule has 0 aliphatic heterocycles. The molecule has 4 rings (SSSR count). The van der Waals surface area contributed by atoms with E-state index in [4.69, 9.17) is 62.1 Å². The lowest BCUT2D eigenvalue weighted by Gasteiger charge is -2.24. The van der Waals surface area contributed by atoms with Gasteiger partial charge in [-0.3, -0.25) is 9.59 Å². The molecule has 0 unspecified atom stereocenters. The monoisotopic (exact) mass is 1120 g/mol. The summed E-state index contributed by atoms with van der Waals surface area (Å²) in [5, 5.41) is 9.39. The van der Waals surface area contributed by atoms with Crippen LogP contribution in [-0.4, -0.2) is 136 Å². The number of benzene rings is 4. The molecule has 0 radical (unpaired) electrons. The van der Waals surface area contributed by atoms with Gasteiger partial charge in [0.25, 0.3) is 11.8 Å². The first kappa shape index (κ1) is 65.1. The Labute approximate surface area is 459 Å². The van der Waals surface area contributed by atoms with Crippen molar-refractivity contribution in [3.63, 3.8) is 0 Å². The molecule has 416 valence electrons. The number of esters is 2. The van der Waals surface area contributed by atoms with Gasteiger partial charge in [0.2, 0.25) is 13.6 Å². The summed E-state index contributed by atoms with van der Waals surface area (Å²) < 4.78 is 36.6. The fraction of sp³-hybridized carbons (Fsp3) is 0.415. The third-order valence-corrected chi connectivity index (χ3v) is 10.6. The van der Waals surface area contributed by atoms with Crippen molar-refractivity contribution in [3.8, 4) is 11.5 Å². The SMILES string of the molecule is CN(CCN)C(=O)OCOC(=O)C(C)(C)Oc1ccc(CCNC(=O)c2ccc(Cl)cc2)cc1.CN(CCNC(=O)OC(C)(C)C)C(=O)OCOC(=O)C(C)(C)Oc1ccc(CCNC(=O)c2ccc(Cl)cc2)cc1.Cl. The molecule has 0 aromatic heterocycles. The number of nitrogens with one attached hydrogen (secondary N) is 3. The Bertz CT molecular complexity index is 2490. The zero-order chi connectivity index (χ0) is 55.8. The van der Waals surface area contributed by atoms with Gasteiger partial charge in [-0.05, 0) is 145 Å². The van der Waals surface area contributed by atoms with Crippen molar-refractivity contribution in [3.05, 3.63) is 129 Å². The van der Waals surface area contributed by atoms with E-state index in [1.807, 2.05) is 24.3 Å². The number of hydrogen-bond acceptors (Lipinski definition) is 15. The Hall–Kier alpha value is -7.00. The average Bonchev–Trinajstić information content (AvgIpc) is 3.34. The molecule has 0 saturated carbocycles. The van der Waals surface area contributed by atoms with Gasteiger partial charge in [-0.15, -0.1) is 12.4 Å². The minimum Gasteiger partial charge on any atom is -0.476 e. The summed E-state index contributed by atoms with van der Waals surface area (Å²) in [7, 11) is 3.01. The zero-order valence-electron chi connectivity index (χ0n) is 44.2. The number of alkyl carbamates (subject to hydrolysis) is 1. The number of likely N-dealkylation sites (N-methyl/N-ethyl adjacent to an activating group) is 2. The summed E-state index contributed by atoms with van der Waals surface area (Å²) in [6.45, 7) is 12.1. The van der Waals surface area contributed by atoms with Crippen LogP contribution in [0.25, 0.3) is 0 Å². The van der Waals surface area contributed by atoms with E-state index in [1.165, 1.54) is 37.7 Å². The van der Waals surface area contributed by atoms with E-state index in [0.717, 1.165) is 11.1 Å². The molecule has 0 bridgehead atoms. The van der Waals surface area contributed by atoms with Crippen LogP contribution in [0.15, 0.2) is 97.1 Å². The van der Waals surface area contributed by atoms with Crippen molar-refractivity contribution in [2.24, 2.45) is 5.73 Å². The van der Waals surface area contributed by atoms with Crippen molar-refractivity contribution in [2.45, 2.75) is 78.1 Å². The van der Waals surface area contributed by atoms with Crippen molar-refractivity contribution in [1.29, 1.82) is 0 Å². The lowest BCUT2D eigenvalue weighted by molar-refractivity contribution is -0.168. The number of nitrogens with zero attached hydrogens (tertiary/aromatic N) is 2. The van der Waals surface area contributed by atoms with Gasteiger partial charge in [-0.1, -0.05) is 47.5 Å². The highest BCUT2D eigenvalue weighted by molar-refractivity contribution is 6.31. The van der Waals surface area contributed by atoms with E-state index < -0.39 is 60.6 Å². The van der Waals surface area contributed by atoms with E-state index >= 15 is 0 Å². The second-order valence-electron chi connectivity index (χ2n) is 18.5. The number of carbonyl (C=O) groups is 7. The number of nitrogens with two attached hydrogens (primary N) is 1. The average molecular weight is 1120 g/mol. The highest BCUT2D eigenvalue weighted by atomic mass is 35.5. The molecule has 4 aromatic rings. The Balaban J connectivity index is 0.000000522. The normalized spacial score (nSPS) is 10.9. The molecule has 76 heavy (non-hydrogen) atoms. The topological polar surface area (TPSA) is 253 Å². The zero-order valence-corrected chi connectivity index (χ0v) is 46.5. The van der Waals surface area contributed by atoms with E-state index in [1.54, 1.807) is 107 Å². The third kappa shape index (κ3) is 24.6. The lowest BCUT2D eigenvalue weighted by Crippen LogP contribution is -2.41. The van der Waals surface area contributed by atoms with Crippen LogP contribution in [0.1, 0.15) is 80.3 Å². The lowest BCUT2D eigenvalue weighted by atomic mass is 10.1. The van der Waals surface area contributed by atoms with Crippen molar-refractivity contribution in [2.75, 3.05) is 66.9 Å². The highest BCUT2D eigenvalue weighted by Crippen LogP contribution is 2.22. The quantitative estimate of drug-likeness (QED) is 0.0312. The maximum Gasteiger partial charge on any atom is 0.412 e. The maximum absolute atomic E-state index is 12.5. The number of amides is 5. The summed E-state index contributed by atoms with van der Waals surface area (Å²) in [5.74, 6) is -0.863. The molecule has 20 nitrogen and oxygen atoms in total. The summed E-state index contributed by atoms with van der Waals surface area (Å²) in [6.07, 6.45) is -0.750. The molecule has 23 heteroatoms. The van der Waals surface area contributed by atoms with Crippen LogP contribution < -0.4 is 31.2 Å². The van der Waals surface area contributed by atoms with Gasteiger partial charge in [0, 0.05) is 74.5 Å². The highest BCUT2D eigenvalue weighted by Gasteiger charge is 2.33. The van der Waals surface area contributed by atoms with Gasteiger partial charge in [0.05, 0.1) is 0 Å². The van der Waals surface area contributed by atoms with Crippen LogP contribution in [0.3, 0.4) is 0 Å². The minimum atomic E-state index is -1.36. The van der Waals surface area contributed by atoms with Crippen LogP contribution in [0.2, 0.25) is 10.0 Å². The summed E-state index contributed by atoms with van der Waals surface area (Å²) in [4.78, 5) is 87.2. The van der Waals surface area contributed by atoms with E-state index in [9.17, 15) is 33.6 Å². The second-order valence-corrected chi connectivity index (χ2v) is 19.4. The summed E-state index contributed by atoms with van der Waals surface area (Å²) in [5.41, 5.74) is 5.11. The van der Waals surface area contributed by atoms with Crippen LogP contribution in [0.5, 0.6) is 11.5 Å². The van der Waals surface area contributed by atoms with Gasteiger partial charge in [-0.2, -0.15) is 0 Å². The van der Waals surface area contributed by atoms with Gasteiger partial charge in [0.1, 0.15) is 17.1 Å². The van der Waals surface area contributed by atoms with Crippen molar-refractivity contribution < 1.29 is 66.7 Å². The van der Waals surface area contributed by atoms with Gasteiger partial charge >= 0.3 is 30.2 Å². The molecule has 0 fully saturated rings. The molecule has 0 spiro atoms. The maximum atomic E-state index is 12.5. The predicted octanol–water partition coefficient (Wildman–Crippen LogP) is 7.98. The minimum absolute atomic E-state index is 0. The molecular weight excluding hydrogens is 1050 g/mol. The molecule has 0 atom stereocenters. The molecule has 5 amide bonds. The van der Waals surface area contributed by atoms with E-state index in [-0.39, 0.29) is 37.3 Å². The number of rotatable bonds is 23. The smallest absolute Gasteiger partial charge is 0.412 e. The Morgan fingerprint density at radius 3 is 1.24 bits per heavy atom. The van der Waals surface area contributed by atoms with E-state index in [0.29, 0.717) is 71.7 Å². The number of hydrogen-bond donors (Lipinski definition) is 4. The molecule has 0 aliphatic rings. The molecule has 0 saturated heterocycles. The van der Waals surface area contributed by atoms with Crippen LogP contribution in [-0.2, 0) is 46.1 Å². The first-order valence-corrected chi connectivity index (χ1v) is 24.4. The molecule has 5 N–H and O–H groups in total. The first-order valence-electron chi connectivity index (χ1n) is 23.7. The van der Waals surface area contributed by atoms with Gasteiger partial charge in [-0.25, -0.2) is 24.0 Å². The Morgan fingerprint density at radius 2 is 0.882 bits per heavy atom. The van der Waals surface area contributed by atoms with Gasteiger partial charge in [0.15, 0.2) is 11.2 Å². The molecule has 0 aliphatic carbocycles. The second kappa shape index (κ2) is 31.8. The van der Waals surface area contributed by atoms with Crippen molar-refractivity contribution >= 4 is 77.6 Å². The van der Waals surface area contributed by atoms with Crippen LogP contribution in [0.4, 0.5) is 14.4 Å². The Kier molecular flexibility index (Phi) is 27.2.